The van der Waals surface area contributed by atoms with Gasteiger partial charge in [-0.05, 0) is 49.2 Å². The number of oxazole rings is 1. The first-order valence-corrected chi connectivity index (χ1v) is 12.0. The van der Waals surface area contributed by atoms with Crippen LogP contribution < -0.4 is 5.32 Å². The number of fused-ring (bicyclic) bond motifs is 1. The predicted molar refractivity (Wildman–Crippen MR) is 129 cm³/mol. The Hall–Kier alpha value is -3.23. The van der Waals surface area contributed by atoms with Crippen LogP contribution in [0, 0.1) is 0 Å². The van der Waals surface area contributed by atoms with Crippen molar-refractivity contribution in [3.8, 4) is 5.69 Å². The van der Waals surface area contributed by atoms with Crippen molar-refractivity contribution in [1.82, 2.24) is 14.5 Å². The Morgan fingerprint density at radius 2 is 1.97 bits per heavy atom. The lowest BCUT2D eigenvalue weighted by molar-refractivity contribution is -0.134. The summed E-state index contributed by atoms with van der Waals surface area (Å²) in [5.74, 6) is -0.150. The van der Waals surface area contributed by atoms with Crippen molar-refractivity contribution in [2.24, 2.45) is 0 Å². The number of carbonyl (C=O) groups is 2. The second kappa shape index (κ2) is 9.33. The molecular weight excluding hydrogens is 460 g/mol. The SMILES string of the molecule is O=C(Nc1ccccc1-n1cccc1)[C@@H]1CCCN1C(=O)CSc1nc2ccc(Cl)cc2o1. The molecule has 0 unspecified atom stereocenters. The average molecular weight is 481 g/mol. The van der Waals surface area contributed by atoms with Crippen LogP contribution in [0.15, 0.2) is 76.6 Å². The fraction of sp³-hybridized carbons (Fsp3) is 0.208. The molecule has 0 spiro atoms. The summed E-state index contributed by atoms with van der Waals surface area (Å²) < 4.78 is 7.62. The fourth-order valence-electron chi connectivity index (χ4n) is 4.00. The topological polar surface area (TPSA) is 80.4 Å². The maximum Gasteiger partial charge on any atom is 0.257 e. The van der Waals surface area contributed by atoms with E-state index in [0.717, 1.165) is 12.1 Å². The minimum absolute atomic E-state index is 0.114. The van der Waals surface area contributed by atoms with Gasteiger partial charge in [0, 0.05) is 30.0 Å². The van der Waals surface area contributed by atoms with Crippen molar-refractivity contribution in [2.45, 2.75) is 24.1 Å². The van der Waals surface area contributed by atoms with Crippen molar-refractivity contribution < 1.29 is 14.0 Å². The molecule has 1 atom stereocenters. The van der Waals surface area contributed by atoms with Crippen LogP contribution in [-0.4, -0.2) is 44.6 Å². The monoisotopic (exact) mass is 480 g/mol. The summed E-state index contributed by atoms with van der Waals surface area (Å²) in [6.07, 6.45) is 5.27. The van der Waals surface area contributed by atoms with Gasteiger partial charge in [-0.1, -0.05) is 35.5 Å². The molecule has 2 aromatic heterocycles. The highest BCUT2D eigenvalue weighted by atomic mass is 35.5. The highest BCUT2D eigenvalue weighted by molar-refractivity contribution is 7.99. The van der Waals surface area contributed by atoms with E-state index >= 15 is 0 Å². The summed E-state index contributed by atoms with van der Waals surface area (Å²) in [4.78, 5) is 32.1. The highest BCUT2D eigenvalue weighted by Gasteiger charge is 2.34. The van der Waals surface area contributed by atoms with E-state index in [9.17, 15) is 9.59 Å². The number of halogens is 1. The van der Waals surface area contributed by atoms with Gasteiger partial charge in [-0.15, -0.1) is 0 Å². The first kappa shape index (κ1) is 21.6. The molecule has 168 valence electrons. The molecule has 1 saturated heterocycles. The van der Waals surface area contributed by atoms with Gasteiger partial charge >= 0.3 is 0 Å². The molecule has 1 fully saturated rings. The third-order valence-electron chi connectivity index (χ3n) is 5.57. The number of aromatic nitrogens is 2. The molecule has 0 radical (unpaired) electrons. The summed E-state index contributed by atoms with van der Waals surface area (Å²) in [6, 6.07) is 16.2. The van der Waals surface area contributed by atoms with Crippen LogP contribution in [0.5, 0.6) is 0 Å². The molecule has 3 heterocycles. The number of amides is 2. The van der Waals surface area contributed by atoms with Gasteiger partial charge in [0.25, 0.3) is 5.22 Å². The molecule has 2 amide bonds. The van der Waals surface area contributed by atoms with E-state index in [4.69, 9.17) is 16.0 Å². The van der Waals surface area contributed by atoms with Crippen molar-refractivity contribution in [2.75, 3.05) is 17.6 Å². The molecular formula is C24H21ClN4O3S. The van der Waals surface area contributed by atoms with Crippen molar-refractivity contribution in [3.05, 3.63) is 72.0 Å². The zero-order valence-electron chi connectivity index (χ0n) is 17.6. The Balaban J connectivity index is 1.25. The summed E-state index contributed by atoms with van der Waals surface area (Å²) in [7, 11) is 0. The van der Waals surface area contributed by atoms with Gasteiger partial charge in [-0.25, -0.2) is 4.98 Å². The van der Waals surface area contributed by atoms with Crippen LogP contribution in [0.3, 0.4) is 0 Å². The lowest BCUT2D eigenvalue weighted by atomic mass is 10.2. The van der Waals surface area contributed by atoms with E-state index in [1.807, 2.05) is 53.4 Å². The second-order valence-corrected chi connectivity index (χ2v) is 9.09. The van der Waals surface area contributed by atoms with Gasteiger partial charge in [0.15, 0.2) is 5.58 Å². The number of nitrogens with zero attached hydrogens (tertiary/aromatic N) is 3. The van der Waals surface area contributed by atoms with E-state index in [1.165, 1.54) is 11.8 Å². The maximum atomic E-state index is 13.1. The van der Waals surface area contributed by atoms with Crippen LogP contribution in [0.2, 0.25) is 5.02 Å². The van der Waals surface area contributed by atoms with Crippen molar-refractivity contribution in [3.63, 3.8) is 0 Å². The van der Waals surface area contributed by atoms with Crippen LogP contribution in [0.4, 0.5) is 5.69 Å². The minimum atomic E-state index is -0.502. The zero-order valence-corrected chi connectivity index (χ0v) is 19.2. The molecule has 4 aromatic rings. The van der Waals surface area contributed by atoms with E-state index < -0.39 is 6.04 Å². The normalized spacial score (nSPS) is 15.8. The highest BCUT2D eigenvalue weighted by Crippen LogP contribution is 2.28. The van der Waals surface area contributed by atoms with E-state index in [2.05, 4.69) is 10.3 Å². The quantitative estimate of drug-likeness (QED) is 0.393. The minimum Gasteiger partial charge on any atom is -0.431 e. The van der Waals surface area contributed by atoms with Gasteiger partial charge < -0.3 is 19.2 Å². The van der Waals surface area contributed by atoms with E-state index in [-0.39, 0.29) is 17.6 Å². The number of anilines is 1. The van der Waals surface area contributed by atoms with Crippen molar-refractivity contribution in [1.29, 1.82) is 0 Å². The van der Waals surface area contributed by atoms with E-state index in [0.29, 0.717) is 40.0 Å². The third-order valence-corrected chi connectivity index (χ3v) is 6.62. The van der Waals surface area contributed by atoms with Crippen LogP contribution in [0.25, 0.3) is 16.8 Å². The summed E-state index contributed by atoms with van der Waals surface area (Å²) in [6.45, 7) is 0.555. The Labute approximate surface area is 199 Å². The van der Waals surface area contributed by atoms with E-state index in [1.54, 1.807) is 23.1 Å². The maximum absolute atomic E-state index is 13.1. The molecule has 7 nitrogen and oxygen atoms in total. The van der Waals surface area contributed by atoms with Gasteiger partial charge in [0.1, 0.15) is 11.6 Å². The Kier molecular flexibility index (Phi) is 6.11. The molecule has 1 aliphatic heterocycles. The molecule has 2 aromatic carbocycles. The van der Waals surface area contributed by atoms with Crippen molar-refractivity contribution >= 4 is 52.0 Å². The van der Waals surface area contributed by atoms with Gasteiger partial charge in [0.2, 0.25) is 11.8 Å². The number of hydrogen-bond donors (Lipinski definition) is 1. The molecule has 1 N–H and O–H groups in total. The molecule has 1 aliphatic rings. The summed E-state index contributed by atoms with van der Waals surface area (Å²) in [5, 5.41) is 3.99. The number of thioether (sulfide) groups is 1. The fourth-order valence-corrected chi connectivity index (χ4v) is 4.89. The first-order valence-electron chi connectivity index (χ1n) is 10.6. The molecule has 0 aliphatic carbocycles. The van der Waals surface area contributed by atoms with Crippen LogP contribution in [-0.2, 0) is 9.59 Å². The smallest absolute Gasteiger partial charge is 0.257 e. The average Bonchev–Trinajstić information content (AvgIpc) is 3.58. The number of hydrogen-bond acceptors (Lipinski definition) is 5. The standard InChI is InChI=1S/C24H21ClN4O3S/c25-16-9-10-18-21(14-16)32-24(27-18)33-15-22(30)29-13-5-8-20(29)23(31)26-17-6-1-2-7-19(17)28-11-3-4-12-28/h1-4,6-7,9-12,14,20H,5,8,13,15H2,(H,26,31)/t20-/m0/s1. The molecule has 0 saturated carbocycles. The molecule has 9 heteroatoms. The first-order chi connectivity index (χ1) is 16.1. The van der Waals surface area contributed by atoms with Gasteiger partial charge in [-0.3, -0.25) is 9.59 Å². The third kappa shape index (κ3) is 4.62. The van der Waals surface area contributed by atoms with Gasteiger partial charge in [-0.2, -0.15) is 0 Å². The van der Waals surface area contributed by atoms with Gasteiger partial charge in [0.05, 0.1) is 17.1 Å². The van der Waals surface area contributed by atoms with Crippen LogP contribution in [0.1, 0.15) is 12.8 Å². The second-order valence-electron chi connectivity index (χ2n) is 7.72. The summed E-state index contributed by atoms with van der Waals surface area (Å²) in [5.41, 5.74) is 2.85. The largest absolute Gasteiger partial charge is 0.431 e. The lowest BCUT2D eigenvalue weighted by Crippen LogP contribution is -2.44. The predicted octanol–water partition coefficient (Wildman–Crippen LogP) is 4.99. The summed E-state index contributed by atoms with van der Waals surface area (Å²) >= 11 is 7.21. The Bertz CT molecular complexity index is 1300. The number of rotatable bonds is 6. The molecule has 5 rings (SSSR count). The number of benzene rings is 2. The lowest BCUT2D eigenvalue weighted by Gasteiger charge is -2.24. The number of likely N-dealkylation sites (tertiary alicyclic amines) is 1. The molecule has 33 heavy (non-hydrogen) atoms. The Morgan fingerprint density at radius 1 is 1.15 bits per heavy atom. The Morgan fingerprint density at radius 3 is 2.82 bits per heavy atom. The zero-order chi connectivity index (χ0) is 22.8. The molecule has 0 bridgehead atoms. The van der Waals surface area contributed by atoms with Crippen LogP contribution >= 0.6 is 23.4 Å². The number of para-hydroxylation sites is 2. The number of nitrogens with one attached hydrogen (secondary N) is 1. The number of carbonyl (C=O) groups excluding carboxylic acids is 2.